The van der Waals surface area contributed by atoms with Crippen LogP contribution in [-0.4, -0.2) is 76.2 Å². The van der Waals surface area contributed by atoms with Crippen molar-refractivity contribution >= 4 is 18.0 Å². The maximum atomic E-state index is 13.1. The molecule has 28 heavy (non-hydrogen) atoms. The van der Waals surface area contributed by atoms with Crippen molar-refractivity contribution in [3.8, 4) is 0 Å². The Kier molecular flexibility index (Phi) is 7.31. The van der Waals surface area contributed by atoms with Crippen LogP contribution in [0.1, 0.15) is 66.2 Å². The Morgan fingerprint density at radius 3 is 2.50 bits per heavy atom. The van der Waals surface area contributed by atoms with Gasteiger partial charge in [0, 0.05) is 25.7 Å². The zero-order chi connectivity index (χ0) is 21.1. The molecule has 0 radical (unpaired) electrons. The number of ether oxygens (including phenoxy) is 1. The van der Waals surface area contributed by atoms with Gasteiger partial charge < -0.3 is 25.0 Å². The highest BCUT2D eigenvalue weighted by atomic mass is 16.6. The van der Waals surface area contributed by atoms with Gasteiger partial charge in [0.15, 0.2) is 0 Å². The van der Waals surface area contributed by atoms with E-state index in [4.69, 9.17) is 4.74 Å². The molecule has 0 aromatic carbocycles. The van der Waals surface area contributed by atoms with Crippen LogP contribution in [0.15, 0.2) is 0 Å². The number of hydrogen-bond acceptors (Lipinski definition) is 5. The van der Waals surface area contributed by atoms with Gasteiger partial charge in [-0.15, -0.1) is 0 Å². The average molecular weight is 398 g/mol. The first kappa shape index (κ1) is 22.5. The van der Waals surface area contributed by atoms with Crippen molar-refractivity contribution in [2.75, 3.05) is 13.6 Å². The van der Waals surface area contributed by atoms with Crippen molar-refractivity contribution in [1.82, 2.24) is 15.1 Å². The van der Waals surface area contributed by atoms with Crippen LogP contribution in [0.25, 0.3) is 0 Å². The number of fused-ring (bicyclic) bond motifs is 1. The van der Waals surface area contributed by atoms with E-state index in [1.54, 1.807) is 11.9 Å². The highest BCUT2D eigenvalue weighted by Gasteiger charge is 2.43. The lowest BCUT2D eigenvalue weighted by Crippen LogP contribution is -2.55. The second kappa shape index (κ2) is 9.11. The molecule has 8 heteroatoms. The standard InChI is InChI=1S/C20H35N3O5/c1-13(22(5)19(27)28-20(2,3)4)12-21-15-9-7-6-8-14-10-11-16(18(25)26)23(14)17(15)24/h13-16,21H,6-12H2,1-5H3,(H,25,26)/t13-,14-,15-,16-/m0/s1. The van der Waals surface area contributed by atoms with Gasteiger partial charge in [-0.3, -0.25) is 4.79 Å². The number of carbonyl (C=O) groups is 3. The number of amides is 2. The third-order valence-electron chi connectivity index (χ3n) is 5.62. The molecule has 0 bridgehead atoms. The Hall–Kier alpha value is -1.83. The number of likely N-dealkylation sites (N-methyl/N-ethyl adjacent to an activating group) is 1. The lowest BCUT2D eigenvalue weighted by Gasteiger charge is -2.35. The van der Waals surface area contributed by atoms with E-state index in [9.17, 15) is 19.5 Å². The Labute approximate surface area is 167 Å². The van der Waals surface area contributed by atoms with Gasteiger partial charge in [0.25, 0.3) is 0 Å². The number of carboxylic acid groups (broad SMARTS) is 1. The maximum Gasteiger partial charge on any atom is 0.410 e. The van der Waals surface area contributed by atoms with Gasteiger partial charge >= 0.3 is 12.1 Å². The average Bonchev–Trinajstić information content (AvgIpc) is 3.00. The summed E-state index contributed by atoms with van der Waals surface area (Å²) in [5.74, 6) is -1.05. The summed E-state index contributed by atoms with van der Waals surface area (Å²) in [5.41, 5.74) is -0.565. The minimum Gasteiger partial charge on any atom is -0.480 e. The molecule has 2 aliphatic rings. The van der Waals surface area contributed by atoms with E-state index in [1.165, 1.54) is 4.90 Å². The van der Waals surface area contributed by atoms with Crippen LogP contribution in [0.4, 0.5) is 4.79 Å². The van der Waals surface area contributed by atoms with Gasteiger partial charge in [-0.2, -0.15) is 0 Å². The van der Waals surface area contributed by atoms with Crippen LogP contribution in [-0.2, 0) is 14.3 Å². The van der Waals surface area contributed by atoms with Crippen molar-refractivity contribution in [3.63, 3.8) is 0 Å². The molecule has 8 nitrogen and oxygen atoms in total. The van der Waals surface area contributed by atoms with Crippen molar-refractivity contribution in [2.45, 2.75) is 96.0 Å². The first-order valence-electron chi connectivity index (χ1n) is 10.3. The molecule has 4 atom stereocenters. The molecule has 160 valence electrons. The van der Waals surface area contributed by atoms with Gasteiger partial charge in [-0.25, -0.2) is 9.59 Å². The molecular weight excluding hydrogens is 362 g/mol. The van der Waals surface area contributed by atoms with Gasteiger partial charge in [-0.1, -0.05) is 12.8 Å². The van der Waals surface area contributed by atoms with E-state index in [-0.39, 0.29) is 18.0 Å². The fourth-order valence-electron chi connectivity index (χ4n) is 3.93. The Morgan fingerprint density at radius 2 is 1.89 bits per heavy atom. The van der Waals surface area contributed by atoms with Crippen LogP contribution in [0.3, 0.4) is 0 Å². The van der Waals surface area contributed by atoms with Crippen LogP contribution < -0.4 is 5.32 Å². The number of nitrogens with one attached hydrogen (secondary N) is 1. The van der Waals surface area contributed by atoms with Crippen LogP contribution >= 0.6 is 0 Å². The van der Waals surface area contributed by atoms with Crippen molar-refractivity contribution < 1.29 is 24.2 Å². The molecule has 2 aliphatic heterocycles. The highest BCUT2D eigenvalue weighted by Crippen LogP contribution is 2.31. The summed E-state index contributed by atoms with van der Waals surface area (Å²) in [6.07, 6.45) is 4.35. The quantitative estimate of drug-likeness (QED) is 0.738. The molecular formula is C20H35N3O5. The third-order valence-corrected chi connectivity index (χ3v) is 5.62. The minimum atomic E-state index is -0.923. The molecule has 0 aromatic heterocycles. The first-order valence-corrected chi connectivity index (χ1v) is 10.3. The van der Waals surface area contributed by atoms with Gasteiger partial charge in [0.05, 0.1) is 6.04 Å². The summed E-state index contributed by atoms with van der Waals surface area (Å²) in [4.78, 5) is 40.0. The van der Waals surface area contributed by atoms with Crippen molar-refractivity contribution in [1.29, 1.82) is 0 Å². The van der Waals surface area contributed by atoms with E-state index in [1.807, 2.05) is 27.7 Å². The predicted molar refractivity (Wildman–Crippen MR) is 105 cm³/mol. The van der Waals surface area contributed by atoms with Crippen LogP contribution in [0, 0.1) is 0 Å². The summed E-state index contributed by atoms with van der Waals surface area (Å²) in [6, 6.07) is -1.28. The van der Waals surface area contributed by atoms with E-state index in [2.05, 4.69) is 5.32 Å². The molecule has 0 spiro atoms. The van der Waals surface area contributed by atoms with Crippen LogP contribution in [0.5, 0.6) is 0 Å². The fourth-order valence-corrected chi connectivity index (χ4v) is 3.93. The summed E-state index contributed by atoms with van der Waals surface area (Å²) >= 11 is 0. The molecule has 2 amide bonds. The molecule has 2 heterocycles. The lowest BCUT2D eigenvalue weighted by molar-refractivity contribution is -0.151. The topological polar surface area (TPSA) is 99.2 Å². The number of nitrogens with zero attached hydrogens (tertiary/aromatic N) is 2. The number of rotatable bonds is 5. The molecule has 2 N–H and O–H groups in total. The Balaban J connectivity index is 1.98. The monoisotopic (exact) mass is 397 g/mol. The summed E-state index contributed by atoms with van der Waals surface area (Å²) < 4.78 is 5.39. The molecule has 0 aliphatic carbocycles. The summed E-state index contributed by atoms with van der Waals surface area (Å²) in [7, 11) is 1.68. The number of hydrogen-bond donors (Lipinski definition) is 2. The van der Waals surface area contributed by atoms with Crippen LogP contribution in [0.2, 0.25) is 0 Å². The molecule has 2 fully saturated rings. The SMILES string of the molecule is C[C@@H](CN[C@H]1CCCC[C@H]2CC[C@@H](C(=O)O)N2C1=O)N(C)C(=O)OC(C)(C)C. The first-order chi connectivity index (χ1) is 13.0. The van der Waals surface area contributed by atoms with E-state index in [0.717, 1.165) is 25.7 Å². The molecule has 2 saturated heterocycles. The normalized spacial score (nSPS) is 26.8. The number of aliphatic carboxylic acids is 1. The second-order valence-corrected chi connectivity index (χ2v) is 9.02. The second-order valence-electron chi connectivity index (χ2n) is 9.02. The zero-order valence-corrected chi connectivity index (χ0v) is 17.7. The molecule has 0 saturated carbocycles. The van der Waals surface area contributed by atoms with Gasteiger partial charge in [-0.05, 0) is 53.4 Å². The zero-order valence-electron chi connectivity index (χ0n) is 17.7. The van der Waals surface area contributed by atoms with E-state index >= 15 is 0 Å². The van der Waals surface area contributed by atoms with E-state index < -0.39 is 29.7 Å². The molecule has 2 rings (SSSR count). The lowest BCUT2D eigenvalue weighted by atomic mass is 9.98. The van der Waals surface area contributed by atoms with Gasteiger partial charge in [0.2, 0.25) is 5.91 Å². The van der Waals surface area contributed by atoms with Gasteiger partial charge in [0.1, 0.15) is 11.6 Å². The third kappa shape index (κ3) is 5.59. The molecule has 0 aromatic rings. The largest absolute Gasteiger partial charge is 0.480 e. The van der Waals surface area contributed by atoms with Crippen molar-refractivity contribution in [2.24, 2.45) is 0 Å². The number of carboxylic acids is 1. The summed E-state index contributed by atoms with van der Waals surface area (Å²) in [6.45, 7) is 7.78. The molecule has 0 unspecified atom stereocenters. The number of carbonyl (C=O) groups excluding carboxylic acids is 2. The Morgan fingerprint density at radius 1 is 1.25 bits per heavy atom. The minimum absolute atomic E-state index is 0.0278. The van der Waals surface area contributed by atoms with Crippen molar-refractivity contribution in [3.05, 3.63) is 0 Å². The fraction of sp³-hybridized carbons (Fsp3) is 0.850. The summed E-state index contributed by atoms with van der Waals surface area (Å²) in [5, 5.41) is 12.8. The Bertz CT molecular complexity index is 589. The van der Waals surface area contributed by atoms with E-state index in [0.29, 0.717) is 19.4 Å². The smallest absolute Gasteiger partial charge is 0.410 e. The maximum absolute atomic E-state index is 13.1. The predicted octanol–water partition coefficient (Wildman–Crippen LogP) is 2.22. The highest BCUT2D eigenvalue weighted by molar-refractivity contribution is 5.88.